The maximum Gasteiger partial charge on any atom is 0.326 e. The number of carboxylic acid groups (broad SMARTS) is 2. The Bertz CT molecular complexity index is 745. The predicted molar refractivity (Wildman–Crippen MR) is 120 cm³/mol. The van der Waals surface area contributed by atoms with Crippen LogP contribution in [0.2, 0.25) is 0 Å². The normalized spacial score (nSPS) is 14.4. The number of hydrogen-bond donors (Lipinski definition) is 8. The molecule has 0 saturated heterocycles. The third-order valence-electron chi connectivity index (χ3n) is 4.91. The quantitative estimate of drug-likeness (QED) is 0.0988. The molecule has 0 aromatic carbocycles. The number of hydrogen-bond acceptors (Lipinski definition) is 8. The Morgan fingerprint density at radius 3 is 1.79 bits per heavy atom. The van der Waals surface area contributed by atoms with Gasteiger partial charge in [0, 0.05) is 6.42 Å². The van der Waals surface area contributed by atoms with Crippen LogP contribution >= 0.6 is 0 Å². The molecule has 14 heteroatoms. The second kappa shape index (κ2) is 15.6. The van der Waals surface area contributed by atoms with Gasteiger partial charge >= 0.3 is 11.9 Å². The number of nitrogens with one attached hydrogen (secondary N) is 3. The van der Waals surface area contributed by atoms with Crippen LogP contribution in [0.3, 0.4) is 0 Å². The van der Waals surface area contributed by atoms with Crippen LogP contribution in [-0.4, -0.2) is 76.5 Å². The zero-order valence-electron chi connectivity index (χ0n) is 19.4. The van der Waals surface area contributed by atoms with Crippen LogP contribution in [0.25, 0.3) is 0 Å². The van der Waals surface area contributed by atoms with Crippen molar-refractivity contribution in [2.45, 2.75) is 76.5 Å². The Labute approximate surface area is 197 Å². The molecule has 0 fully saturated rings. The Kier molecular flexibility index (Phi) is 14.1. The van der Waals surface area contributed by atoms with Crippen molar-refractivity contribution in [3.05, 3.63) is 0 Å². The van der Waals surface area contributed by atoms with Gasteiger partial charge in [0.05, 0.1) is 12.5 Å². The van der Waals surface area contributed by atoms with Crippen LogP contribution in [0.5, 0.6) is 0 Å². The highest BCUT2D eigenvalue weighted by Gasteiger charge is 2.31. The molecule has 0 aliphatic rings. The molecule has 0 bridgehead atoms. The predicted octanol–water partition coefficient (Wildman–Crippen LogP) is -2.62. The maximum atomic E-state index is 12.8. The molecule has 194 valence electrons. The lowest BCUT2D eigenvalue weighted by atomic mass is 10.0. The van der Waals surface area contributed by atoms with E-state index in [0.29, 0.717) is 19.4 Å². The first kappa shape index (κ1) is 30.7. The summed E-state index contributed by atoms with van der Waals surface area (Å²) in [4.78, 5) is 71.4. The minimum absolute atomic E-state index is 0.0657. The fourth-order valence-electron chi connectivity index (χ4n) is 2.80. The first-order chi connectivity index (χ1) is 15.8. The number of carbonyl (C=O) groups is 6. The fraction of sp³-hybridized carbons (Fsp3) is 0.700. The zero-order chi connectivity index (χ0) is 26.4. The summed E-state index contributed by atoms with van der Waals surface area (Å²) in [6.45, 7) is 3.65. The van der Waals surface area contributed by atoms with Gasteiger partial charge < -0.3 is 43.4 Å². The van der Waals surface area contributed by atoms with E-state index in [0.717, 1.165) is 0 Å². The number of carboxylic acids is 2. The summed E-state index contributed by atoms with van der Waals surface area (Å²) < 4.78 is 0. The highest BCUT2D eigenvalue weighted by molar-refractivity contribution is 5.95. The molecule has 14 nitrogen and oxygen atoms in total. The number of primary amides is 1. The highest BCUT2D eigenvalue weighted by Crippen LogP contribution is 2.06. The summed E-state index contributed by atoms with van der Waals surface area (Å²) in [5, 5.41) is 25.3. The van der Waals surface area contributed by atoms with Crippen LogP contribution in [0.15, 0.2) is 0 Å². The lowest BCUT2D eigenvalue weighted by Gasteiger charge is -2.25. The van der Waals surface area contributed by atoms with Gasteiger partial charge in [0.15, 0.2) is 0 Å². The van der Waals surface area contributed by atoms with Gasteiger partial charge in [0.2, 0.25) is 23.6 Å². The standard InChI is InChI=1S/C20H36N6O8/c1-10(2)16(23)19(32)26-13(9-15(28)29)18(31)24-11(5-3-4-8-21)17(30)25-12(20(33)34)6-7-14(22)27/h10-13,16H,3-9,21,23H2,1-2H3,(H2,22,27)(H,24,31)(H,25,30)(H,26,32)(H,28,29)(H,33,34). The van der Waals surface area contributed by atoms with Gasteiger partial charge in [-0.1, -0.05) is 13.8 Å². The third kappa shape index (κ3) is 12.1. The molecule has 0 aromatic rings. The van der Waals surface area contributed by atoms with Crippen LogP contribution in [0.4, 0.5) is 0 Å². The molecule has 0 aromatic heterocycles. The number of amides is 4. The van der Waals surface area contributed by atoms with E-state index < -0.39 is 66.2 Å². The van der Waals surface area contributed by atoms with Crippen molar-refractivity contribution < 1.29 is 39.0 Å². The Morgan fingerprint density at radius 2 is 1.32 bits per heavy atom. The molecule has 4 atom stereocenters. The summed E-state index contributed by atoms with van der Waals surface area (Å²) in [6.07, 6.45) is -0.356. The molecule has 4 unspecified atom stereocenters. The van der Waals surface area contributed by atoms with Gasteiger partial charge in [-0.15, -0.1) is 0 Å². The number of carbonyl (C=O) groups excluding carboxylic acids is 4. The summed E-state index contributed by atoms with van der Waals surface area (Å²) in [5.41, 5.74) is 16.2. The zero-order valence-corrected chi connectivity index (χ0v) is 19.4. The lowest BCUT2D eigenvalue weighted by Crippen LogP contribution is -2.58. The van der Waals surface area contributed by atoms with Gasteiger partial charge in [-0.3, -0.25) is 24.0 Å². The molecule has 0 heterocycles. The topological polar surface area (TPSA) is 257 Å². The third-order valence-corrected chi connectivity index (χ3v) is 4.91. The van der Waals surface area contributed by atoms with Gasteiger partial charge in [-0.25, -0.2) is 4.79 Å². The molecule has 0 saturated carbocycles. The summed E-state index contributed by atoms with van der Waals surface area (Å²) in [6, 6.07) is -5.20. The molecular weight excluding hydrogens is 452 g/mol. The van der Waals surface area contributed by atoms with Crippen molar-refractivity contribution >= 4 is 35.6 Å². The number of aliphatic carboxylic acids is 2. The molecule has 0 spiro atoms. The van der Waals surface area contributed by atoms with E-state index in [1.54, 1.807) is 13.8 Å². The van der Waals surface area contributed by atoms with E-state index in [1.807, 2.05) is 0 Å². The van der Waals surface area contributed by atoms with Crippen LogP contribution in [-0.2, 0) is 28.8 Å². The van der Waals surface area contributed by atoms with E-state index in [9.17, 15) is 33.9 Å². The van der Waals surface area contributed by atoms with Crippen LogP contribution in [0.1, 0.15) is 52.4 Å². The fourth-order valence-corrected chi connectivity index (χ4v) is 2.80. The summed E-state index contributed by atoms with van der Waals surface area (Å²) in [5.74, 6) is -6.36. The molecule has 0 aliphatic carbocycles. The van der Waals surface area contributed by atoms with Crippen molar-refractivity contribution in [1.82, 2.24) is 16.0 Å². The summed E-state index contributed by atoms with van der Waals surface area (Å²) >= 11 is 0. The van der Waals surface area contributed by atoms with Crippen molar-refractivity contribution in [2.24, 2.45) is 23.1 Å². The van der Waals surface area contributed by atoms with Crippen molar-refractivity contribution in [3.63, 3.8) is 0 Å². The molecule has 4 amide bonds. The first-order valence-corrected chi connectivity index (χ1v) is 10.9. The SMILES string of the molecule is CC(C)C(N)C(=O)NC(CC(=O)O)C(=O)NC(CCCCN)C(=O)NC(CCC(N)=O)C(=O)O. The van der Waals surface area contributed by atoms with Gasteiger partial charge in [0.25, 0.3) is 0 Å². The summed E-state index contributed by atoms with van der Waals surface area (Å²) in [7, 11) is 0. The second-order valence-corrected chi connectivity index (χ2v) is 8.18. The van der Waals surface area contributed by atoms with Gasteiger partial charge in [0.1, 0.15) is 18.1 Å². The maximum absolute atomic E-state index is 12.8. The molecule has 0 rings (SSSR count). The van der Waals surface area contributed by atoms with Crippen molar-refractivity contribution in [1.29, 1.82) is 0 Å². The minimum Gasteiger partial charge on any atom is -0.481 e. The largest absolute Gasteiger partial charge is 0.481 e. The average Bonchev–Trinajstić information content (AvgIpc) is 2.73. The molecule has 0 radical (unpaired) electrons. The smallest absolute Gasteiger partial charge is 0.326 e. The Morgan fingerprint density at radius 1 is 0.794 bits per heavy atom. The lowest BCUT2D eigenvalue weighted by molar-refractivity contribution is -0.143. The Balaban J connectivity index is 5.55. The van der Waals surface area contributed by atoms with Crippen LogP contribution in [0, 0.1) is 5.92 Å². The van der Waals surface area contributed by atoms with E-state index in [1.165, 1.54) is 0 Å². The highest BCUT2D eigenvalue weighted by atomic mass is 16.4. The number of nitrogens with two attached hydrogens (primary N) is 3. The Hall–Kier alpha value is -3.26. The monoisotopic (exact) mass is 488 g/mol. The van der Waals surface area contributed by atoms with Gasteiger partial charge in [-0.05, 0) is 38.1 Å². The number of rotatable bonds is 17. The van der Waals surface area contributed by atoms with E-state index >= 15 is 0 Å². The number of unbranched alkanes of at least 4 members (excludes halogenated alkanes) is 1. The minimum atomic E-state index is -1.52. The molecule has 0 aliphatic heterocycles. The second-order valence-electron chi connectivity index (χ2n) is 8.18. The molecule has 34 heavy (non-hydrogen) atoms. The van der Waals surface area contributed by atoms with Gasteiger partial charge in [-0.2, -0.15) is 0 Å². The molecular formula is C20H36N6O8. The van der Waals surface area contributed by atoms with E-state index in [2.05, 4.69) is 16.0 Å². The molecule has 11 N–H and O–H groups in total. The average molecular weight is 489 g/mol. The van der Waals surface area contributed by atoms with Crippen molar-refractivity contribution in [2.75, 3.05) is 6.54 Å². The van der Waals surface area contributed by atoms with E-state index in [4.69, 9.17) is 22.3 Å². The first-order valence-electron chi connectivity index (χ1n) is 10.9. The van der Waals surface area contributed by atoms with Crippen molar-refractivity contribution in [3.8, 4) is 0 Å². The van der Waals surface area contributed by atoms with E-state index in [-0.39, 0.29) is 25.2 Å². The van der Waals surface area contributed by atoms with Crippen LogP contribution < -0.4 is 33.2 Å².